The molecule has 0 saturated heterocycles. The first-order valence-corrected chi connectivity index (χ1v) is 11.6. The summed E-state index contributed by atoms with van der Waals surface area (Å²) in [5.74, 6) is 0.863. The second-order valence-electron chi connectivity index (χ2n) is 8.88. The molecule has 1 heterocycles. The van der Waals surface area contributed by atoms with E-state index in [-0.39, 0.29) is 17.9 Å². The summed E-state index contributed by atoms with van der Waals surface area (Å²) >= 11 is 0. The van der Waals surface area contributed by atoms with Crippen molar-refractivity contribution < 1.29 is 17.9 Å². The fourth-order valence-corrected chi connectivity index (χ4v) is 3.95. The number of halogens is 3. The number of alkyl halides is 3. The molecule has 0 spiro atoms. The van der Waals surface area contributed by atoms with Crippen LogP contribution in [0.5, 0.6) is 5.75 Å². The molecule has 0 aliphatic heterocycles. The van der Waals surface area contributed by atoms with E-state index < -0.39 is 11.7 Å². The van der Waals surface area contributed by atoms with Crippen molar-refractivity contribution >= 4 is 23.1 Å². The van der Waals surface area contributed by atoms with Gasteiger partial charge in [-0.05, 0) is 73.6 Å². The van der Waals surface area contributed by atoms with E-state index in [1.54, 1.807) is 24.3 Å². The van der Waals surface area contributed by atoms with Crippen LogP contribution in [-0.4, -0.2) is 16.1 Å². The van der Waals surface area contributed by atoms with Gasteiger partial charge in [0, 0.05) is 17.6 Å². The highest BCUT2D eigenvalue weighted by molar-refractivity contribution is 5.63. The maximum absolute atomic E-state index is 13.6. The van der Waals surface area contributed by atoms with Gasteiger partial charge in [0.05, 0.1) is 6.10 Å². The zero-order valence-electron chi connectivity index (χ0n) is 19.3. The van der Waals surface area contributed by atoms with Gasteiger partial charge in [0.15, 0.2) is 0 Å². The molecular weight excluding hydrogens is 441 g/mol. The number of hydrogen-bond donors (Lipinski definition) is 2. The van der Waals surface area contributed by atoms with Crippen LogP contribution >= 0.6 is 0 Å². The second kappa shape index (κ2) is 10.3. The number of nitrogens with one attached hydrogen (secondary N) is 2. The molecule has 4 rings (SSSR count). The van der Waals surface area contributed by atoms with Gasteiger partial charge in [0.2, 0.25) is 5.95 Å². The molecule has 2 aromatic carbocycles. The quantitative estimate of drug-likeness (QED) is 0.369. The Morgan fingerprint density at radius 1 is 0.882 bits per heavy atom. The molecule has 2 N–H and O–H groups in total. The molecule has 3 aromatic rings. The van der Waals surface area contributed by atoms with Crippen molar-refractivity contribution in [2.75, 3.05) is 10.6 Å². The van der Waals surface area contributed by atoms with Crippen LogP contribution in [0.3, 0.4) is 0 Å². The van der Waals surface area contributed by atoms with Crippen molar-refractivity contribution in [2.45, 2.75) is 64.1 Å². The van der Waals surface area contributed by atoms with Gasteiger partial charge in [-0.3, -0.25) is 0 Å². The molecule has 180 valence electrons. The molecular formula is C26H29F3N4O. The summed E-state index contributed by atoms with van der Waals surface area (Å²) < 4.78 is 46.7. The number of aromatic nitrogens is 2. The van der Waals surface area contributed by atoms with E-state index in [0.29, 0.717) is 17.3 Å². The Bertz CT molecular complexity index is 1080. The number of hydrogen-bond acceptors (Lipinski definition) is 5. The molecule has 1 saturated carbocycles. The van der Waals surface area contributed by atoms with Gasteiger partial charge in [-0.1, -0.05) is 32.4 Å². The topological polar surface area (TPSA) is 59.1 Å². The van der Waals surface area contributed by atoms with Gasteiger partial charge in [0.1, 0.15) is 17.1 Å². The van der Waals surface area contributed by atoms with E-state index >= 15 is 0 Å². The summed E-state index contributed by atoms with van der Waals surface area (Å²) in [6.45, 7) is 4.11. The van der Waals surface area contributed by atoms with E-state index in [4.69, 9.17) is 4.74 Å². The summed E-state index contributed by atoms with van der Waals surface area (Å²) in [4.78, 5) is 8.00. The van der Waals surface area contributed by atoms with E-state index in [1.807, 2.05) is 24.3 Å². The predicted molar refractivity (Wildman–Crippen MR) is 128 cm³/mol. The summed E-state index contributed by atoms with van der Waals surface area (Å²) in [7, 11) is 0. The fourth-order valence-electron chi connectivity index (χ4n) is 3.95. The minimum atomic E-state index is -4.59. The monoisotopic (exact) mass is 470 g/mol. The Morgan fingerprint density at radius 2 is 1.50 bits per heavy atom. The van der Waals surface area contributed by atoms with Crippen molar-refractivity contribution in [1.29, 1.82) is 0 Å². The SMILES string of the molecule is CC(C)c1ccc(Nc2nc(Nc3ccc(OC4CCCCC4)cc3)ncc2C(F)(F)F)cc1. The van der Waals surface area contributed by atoms with Gasteiger partial charge in [-0.2, -0.15) is 18.2 Å². The third-order valence-corrected chi connectivity index (χ3v) is 5.90. The summed E-state index contributed by atoms with van der Waals surface area (Å²) in [6, 6.07) is 14.6. The van der Waals surface area contributed by atoms with E-state index in [0.717, 1.165) is 30.4 Å². The second-order valence-corrected chi connectivity index (χ2v) is 8.88. The number of anilines is 4. The van der Waals surface area contributed by atoms with Crippen molar-refractivity contribution in [2.24, 2.45) is 0 Å². The first-order valence-electron chi connectivity index (χ1n) is 11.6. The average molecular weight is 471 g/mol. The predicted octanol–water partition coefficient (Wildman–Crippen LogP) is 7.82. The lowest BCUT2D eigenvalue weighted by Crippen LogP contribution is -2.19. The smallest absolute Gasteiger partial charge is 0.421 e. The Morgan fingerprint density at radius 3 is 2.12 bits per heavy atom. The van der Waals surface area contributed by atoms with E-state index in [2.05, 4.69) is 34.4 Å². The van der Waals surface area contributed by atoms with Crippen LogP contribution in [0.1, 0.15) is 63.0 Å². The summed E-state index contributed by atoms with van der Waals surface area (Å²) in [5, 5.41) is 5.77. The highest BCUT2D eigenvalue weighted by Crippen LogP contribution is 2.35. The van der Waals surface area contributed by atoms with Crippen LogP contribution in [-0.2, 0) is 6.18 Å². The lowest BCUT2D eigenvalue weighted by Gasteiger charge is -2.23. The maximum Gasteiger partial charge on any atom is 0.421 e. The molecule has 34 heavy (non-hydrogen) atoms. The van der Waals surface area contributed by atoms with Crippen molar-refractivity contribution in [3.63, 3.8) is 0 Å². The fraction of sp³-hybridized carbons (Fsp3) is 0.385. The van der Waals surface area contributed by atoms with Crippen LogP contribution < -0.4 is 15.4 Å². The Hall–Kier alpha value is -3.29. The molecule has 0 unspecified atom stereocenters. The van der Waals surface area contributed by atoms with Crippen LogP contribution in [0.25, 0.3) is 0 Å². The average Bonchev–Trinajstić information content (AvgIpc) is 2.81. The lowest BCUT2D eigenvalue weighted by atomic mass is 9.98. The molecule has 5 nitrogen and oxygen atoms in total. The maximum atomic E-state index is 13.6. The highest BCUT2D eigenvalue weighted by Gasteiger charge is 2.35. The summed E-state index contributed by atoms with van der Waals surface area (Å²) in [6.07, 6.45) is 2.22. The molecule has 0 bridgehead atoms. The third-order valence-electron chi connectivity index (χ3n) is 5.90. The largest absolute Gasteiger partial charge is 0.490 e. The zero-order valence-corrected chi connectivity index (χ0v) is 19.3. The lowest BCUT2D eigenvalue weighted by molar-refractivity contribution is -0.137. The molecule has 1 aromatic heterocycles. The van der Waals surface area contributed by atoms with Gasteiger partial charge in [0.25, 0.3) is 0 Å². The van der Waals surface area contributed by atoms with E-state index in [9.17, 15) is 13.2 Å². The molecule has 0 radical (unpaired) electrons. The minimum Gasteiger partial charge on any atom is -0.490 e. The van der Waals surface area contributed by atoms with Crippen LogP contribution in [0, 0.1) is 0 Å². The third kappa shape index (κ3) is 6.18. The Kier molecular flexibility index (Phi) is 7.24. The minimum absolute atomic E-state index is 0.0650. The van der Waals surface area contributed by atoms with Crippen LogP contribution in [0.15, 0.2) is 54.7 Å². The number of ether oxygens (including phenoxy) is 1. The number of benzene rings is 2. The van der Waals surface area contributed by atoms with Crippen LogP contribution in [0.4, 0.5) is 36.3 Å². The molecule has 1 aliphatic carbocycles. The van der Waals surface area contributed by atoms with Crippen molar-refractivity contribution in [3.8, 4) is 5.75 Å². The number of rotatable bonds is 7. The molecule has 0 amide bonds. The van der Waals surface area contributed by atoms with Gasteiger partial charge in [-0.15, -0.1) is 0 Å². The van der Waals surface area contributed by atoms with E-state index in [1.165, 1.54) is 19.3 Å². The zero-order chi connectivity index (χ0) is 24.1. The normalized spacial score (nSPS) is 14.8. The molecule has 1 aliphatic rings. The molecule has 8 heteroatoms. The summed E-state index contributed by atoms with van der Waals surface area (Å²) in [5.41, 5.74) is 1.34. The first-order chi connectivity index (χ1) is 16.3. The molecule has 0 atom stereocenters. The van der Waals surface area contributed by atoms with Gasteiger partial charge in [-0.25, -0.2) is 4.98 Å². The standard InChI is InChI=1S/C26H29F3N4O/c1-17(2)18-8-10-19(11-9-18)31-24-23(26(27,28)29)16-30-25(33-24)32-20-12-14-22(15-13-20)34-21-6-4-3-5-7-21/h8-17,21H,3-7H2,1-2H3,(H2,30,31,32,33). The Balaban J connectivity index is 1.49. The van der Waals surface area contributed by atoms with Crippen molar-refractivity contribution in [1.82, 2.24) is 9.97 Å². The van der Waals surface area contributed by atoms with Crippen molar-refractivity contribution in [3.05, 3.63) is 65.9 Å². The number of nitrogens with zero attached hydrogens (tertiary/aromatic N) is 2. The molecule has 1 fully saturated rings. The first kappa shape index (κ1) is 23.9. The highest BCUT2D eigenvalue weighted by atomic mass is 19.4. The van der Waals surface area contributed by atoms with Gasteiger partial charge < -0.3 is 15.4 Å². The van der Waals surface area contributed by atoms with Gasteiger partial charge >= 0.3 is 6.18 Å². The Labute approximate surface area is 197 Å². The van der Waals surface area contributed by atoms with Crippen LogP contribution in [0.2, 0.25) is 0 Å².